The van der Waals surface area contributed by atoms with Gasteiger partial charge in [0.1, 0.15) is 11.9 Å². The number of benzene rings is 1. The van der Waals surface area contributed by atoms with E-state index in [0.29, 0.717) is 0 Å². The largest absolute Gasteiger partial charge is 0.480 e. The zero-order chi connectivity index (χ0) is 13.9. The van der Waals surface area contributed by atoms with Gasteiger partial charge in [0.2, 0.25) is 0 Å². The third-order valence-corrected chi connectivity index (χ3v) is 2.51. The summed E-state index contributed by atoms with van der Waals surface area (Å²) in [6.45, 7) is 5.06. The van der Waals surface area contributed by atoms with Gasteiger partial charge in [-0.1, -0.05) is 32.9 Å². The Kier molecular flexibility index (Phi) is 4.06. The number of carboxylic acid groups (broad SMARTS) is 1. The maximum absolute atomic E-state index is 13.4. The first-order chi connectivity index (χ1) is 8.23. The van der Waals surface area contributed by atoms with Crippen molar-refractivity contribution in [3.05, 3.63) is 35.6 Å². The number of hydrogen-bond acceptors (Lipinski definition) is 2. The summed E-state index contributed by atoms with van der Waals surface area (Å²) in [7, 11) is 0. The molecule has 0 heterocycles. The van der Waals surface area contributed by atoms with Gasteiger partial charge in [0, 0.05) is 0 Å². The van der Waals surface area contributed by atoms with Crippen molar-refractivity contribution in [3.8, 4) is 0 Å². The lowest BCUT2D eigenvalue weighted by Gasteiger charge is -2.27. The zero-order valence-corrected chi connectivity index (χ0v) is 10.5. The van der Waals surface area contributed by atoms with Crippen LogP contribution in [0.2, 0.25) is 0 Å². The van der Waals surface area contributed by atoms with Crippen LogP contribution < -0.4 is 5.32 Å². The van der Waals surface area contributed by atoms with Crippen LogP contribution in [0.25, 0.3) is 0 Å². The van der Waals surface area contributed by atoms with E-state index in [0.717, 1.165) is 6.07 Å². The van der Waals surface area contributed by atoms with Crippen LogP contribution >= 0.6 is 0 Å². The van der Waals surface area contributed by atoms with Gasteiger partial charge < -0.3 is 10.4 Å². The standard InChI is InChI=1S/C13H16FNO3/c1-13(2,3)10(12(17)18)15-11(16)8-6-4-5-7-9(8)14/h4-7,10H,1-3H3,(H,15,16)(H,17,18)/t10-/m0/s1. The van der Waals surface area contributed by atoms with Gasteiger partial charge >= 0.3 is 5.97 Å². The molecule has 0 aromatic heterocycles. The number of nitrogens with one attached hydrogen (secondary N) is 1. The van der Waals surface area contributed by atoms with Gasteiger partial charge in [0.05, 0.1) is 5.56 Å². The molecule has 1 amide bonds. The number of aliphatic carboxylic acids is 1. The highest BCUT2D eigenvalue weighted by molar-refractivity contribution is 5.96. The number of halogens is 1. The first kappa shape index (κ1) is 14.2. The van der Waals surface area contributed by atoms with Crippen molar-refractivity contribution >= 4 is 11.9 Å². The SMILES string of the molecule is CC(C)(C)[C@@H](NC(=O)c1ccccc1F)C(=O)O. The normalized spacial score (nSPS) is 12.9. The topological polar surface area (TPSA) is 66.4 Å². The maximum Gasteiger partial charge on any atom is 0.326 e. The fraction of sp³-hybridized carbons (Fsp3) is 0.385. The summed E-state index contributed by atoms with van der Waals surface area (Å²) < 4.78 is 13.4. The van der Waals surface area contributed by atoms with E-state index in [1.54, 1.807) is 20.8 Å². The molecular formula is C13H16FNO3. The Morgan fingerprint density at radius 1 is 1.28 bits per heavy atom. The van der Waals surface area contributed by atoms with Crippen LogP contribution in [0, 0.1) is 11.2 Å². The fourth-order valence-electron chi connectivity index (χ4n) is 1.50. The monoisotopic (exact) mass is 253 g/mol. The van der Waals surface area contributed by atoms with E-state index in [9.17, 15) is 14.0 Å². The molecule has 0 aliphatic heterocycles. The Bertz CT molecular complexity index is 466. The molecule has 0 spiro atoms. The van der Waals surface area contributed by atoms with Crippen LogP contribution in [0.15, 0.2) is 24.3 Å². The molecule has 2 N–H and O–H groups in total. The Hall–Kier alpha value is -1.91. The maximum atomic E-state index is 13.4. The molecule has 0 radical (unpaired) electrons. The molecule has 1 rings (SSSR count). The minimum absolute atomic E-state index is 0.159. The summed E-state index contributed by atoms with van der Waals surface area (Å²) in [6.07, 6.45) is 0. The van der Waals surface area contributed by atoms with Crippen LogP contribution in [-0.4, -0.2) is 23.0 Å². The molecule has 4 nitrogen and oxygen atoms in total. The number of carbonyl (C=O) groups excluding carboxylic acids is 1. The van der Waals surface area contributed by atoms with Crippen molar-refractivity contribution in [2.45, 2.75) is 26.8 Å². The van der Waals surface area contributed by atoms with Crippen LogP contribution in [0.5, 0.6) is 0 Å². The van der Waals surface area contributed by atoms with Gasteiger partial charge in [-0.05, 0) is 17.5 Å². The summed E-state index contributed by atoms with van der Waals surface area (Å²) >= 11 is 0. The van der Waals surface area contributed by atoms with E-state index < -0.39 is 29.2 Å². The molecule has 0 aliphatic carbocycles. The summed E-state index contributed by atoms with van der Waals surface area (Å²) in [5, 5.41) is 11.4. The Balaban J connectivity index is 2.93. The number of amides is 1. The second kappa shape index (κ2) is 5.16. The molecule has 18 heavy (non-hydrogen) atoms. The average Bonchev–Trinajstić information content (AvgIpc) is 2.24. The van der Waals surface area contributed by atoms with E-state index in [1.165, 1.54) is 18.2 Å². The minimum atomic E-state index is -1.15. The van der Waals surface area contributed by atoms with Gasteiger partial charge in [0.25, 0.3) is 5.91 Å². The molecule has 1 aromatic carbocycles. The second-order valence-corrected chi connectivity index (χ2v) is 5.09. The van der Waals surface area contributed by atoms with E-state index in [2.05, 4.69) is 5.32 Å². The molecule has 5 heteroatoms. The molecule has 0 unspecified atom stereocenters. The zero-order valence-electron chi connectivity index (χ0n) is 10.5. The molecule has 0 saturated carbocycles. The van der Waals surface area contributed by atoms with Crippen LogP contribution in [-0.2, 0) is 4.79 Å². The van der Waals surface area contributed by atoms with Gasteiger partial charge in [-0.15, -0.1) is 0 Å². The highest BCUT2D eigenvalue weighted by Crippen LogP contribution is 2.20. The quantitative estimate of drug-likeness (QED) is 0.866. The summed E-state index contributed by atoms with van der Waals surface area (Å²) in [4.78, 5) is 22.9. The lowest BCUT2D eigenvalue weighted by atomic mass is 9.86. The minimum Gasteiger partial charge on any atom is -0.480 e. The lowest BCUT2D eigenvalue weighted by Crippen LogP contribution is -2.49. The summed E-state index contributed by atoms with van der Waals surface area (Å²) in [5.74, 6) is -2.55. The van der Waals surface area contributed by atoms with Gasteiger partial charge in [-0.2, -0.15) is 0 Å². The molecule has 0 aliphatic rings. The predicted molar refractivity (Wildman–Crippen MR) is 64.7 cm³/mol. The first-order valence-electron chi connectivity index (χ1n) is 5.51. The summed E-state index contributed by atoms with van der Waals surface area (Å²) in [5.41, 5.74) is -0.819. The number of carboxylic acids is 1. The van der Waals surface area contributed by atoms with Gasteiger partial charge in [0.15, 0.2) is 0 Å². The fourth-order valence-corrected chi connectivity index (χ4v) is 1.50. The second-order valence-electron chi connectivity index (χ2n) is 5.09. The first-order valence-corrected chi connectivity index (χ1v) is 5.51. The van der Waals surface area contributed by atoms with Crippen LogP contribution in [0.4, 0.5) is 4.39 Å². The van der Waals surface area contributed by atoms with E-state index in [1.807, 2.05) is 0 Å². The van der Waals surface area contributed by atoms with Gasteiger partial charge in [-0.3, -0.25) is 4.79 Å². The van der Waals surface area contributed by atoms with Crippen molar-refractivity contribution in [1.29, 1.82) is 0 Å². The van der Waals surface area contributed by atoms with E-state index in [4.69, 9.17) is 5.11 Å². The van der Waals surface area contributed by atoms with Crippen molar-refractivity contribution in [3.63, 3.8) is 0 Å². The number of rotatable bonds is 3. The molecule has 0 bridgehead atoms. The Labute approximate surface area is 105 Å². The van der Waals surface area contributed by atoms with Crippen molar-refractivity contribution in [1.82, 2.24) is 5.32 Å². The number of hydrogen-bond donors (Lipinski definition) is 2. The molecule has 1 atom stereocenters. The summed E-state index contributed by atoms with van der Waals surface area (Å²) in [6, 6.07) is 4.37. The van der Waals surface area contributed by atoms with Crippen molar-refractivity contribution < 1.29 is 19.1 Å². The van der Waals surface area contributed by atoms with Crippen LogP contribution in [0.1, 0.15) is 31.1 Å². The van der Waals surface area contributed by atoms with E-state index >= 15 is 0 Å². The highest BCUT2D eigenvalue weighted by Gasteiger charge is 2.33. The molecule has 0 fully saturated rings. The molecule has 98 valence electrons. The smallest absolute Gasteiger partial charge is 0.326 e. The van der Waals surface area contributed by atoms with Crippen molar-refractivity contribution in [2.24, 2.45) is 5.41 Å². The highest BCUT2D eigenvalue weighted by atomic mass is 19.1. The average molecular weight is 253 g/mol. The van der Waals surface area contributed by atoms with E-state index in [-0.39, 0.29) is 5.56 Å². The lowest BCUT2D eigenvalue weighted by molar-refractivity contribution is -0.142. The molecule has 0 saturated heterocycles. The van der Waals surface area contributed by atoms with Crippen molar-refractivity contribution in [2.75, 3.05) is 0 Å². The van der Waals surface area contributed by atoms with Crippen LogP contribution in [0.3, 0.4) is 0 Å². The third-order valence-electron chi connectivity index (χ3n) is 2.51. The Morgan fingerprint density at radius 3 is 2.28 bits per heavy atom. The molecular weight excluding hydrogens is 237 g/mol. The third kappa shape index (κ3) is 3.29. The Morgan fingerprint density at radius 2 is 1.83 bits per heavy atom. The molecule has 1 aromatic rings. The number of carbonyl (C=O) groups is 2. The van der Waals surface area contributed by atoms with Gasteiger partial charge in [-0.25, -0.2) is 9.18 Å². The predicted octanol–water partition coefficient (Wildman–Crippen LogP) is 2.05.